The number of nitrogens with zero attached hydrogens (tertiary/aromatic N) is 2. The van der Waals surface area contributed by atoms with E-state index < -0.39 is 5.91 Å². The van der Waals surface area contributed by atoms with Crippen molar-refractivity contribution in [1.29, 1.82) is 0 Å². The van der Waals surface area contributed by atoms with Gasteiger partial charge in [0, 0.05) is 37.8 Å². The van der Waals surface area contributed by atoms with Crippen molar-refractivity contribution >= 4 is 40.9 Å². The number of likely N-dealkylation sites (N-methyl/N-ethyl adjacent to an activating group) is 1. The topological polar surface area (TPSA) is 69.7 Å². The number of benzene rings is 2. The highest BCUT2D eigenvalue weighted by molar-refractivity contribution is 6.36. The summed E-state index contributed by atoms with van der Waals surface area (Å²) in [6, 6.07) is 11.7. The molecule has 0 spiro atoms. The van der Waals surface area contributed by atoms with Gasteiger partial charge in [-0.3, -0.25) is 14.4 Å². The number of carbonyl (C=O) groups excluding carboxylic acids is 3. The molecule has 0 saturated heterocycles. The summed E-state index contributed by atoms with van der Waals surface area (Å²) in [7, 11) is 3.39. The van der Waals surface area contributed by atoms with E-state index in [2.05, 4.69) is 5.32 Å². The molecule has 2 aromatic carbocycles. The first-order chi connectivity index (χ1) is 13.7. The Bertz CT molecular complexity index is 899. The van der Waals surface area contributed by atoms with Crippen molar-refractivity contribution in [2.75, 3.05) is 27.2 Å². The summed E-state index contributed by atoms with van der Waals surface area (Å²) in [5.41, 5.74) is 1.73. The molecule has 0 aliphatic rings. The SMILES string of the molecule is CCN(Cc1ccc(C(=O)N(C)C)cc1)C(=O)CNC(=O)c1ccc(Cl)cc1Cl. The quantitative estimate of drug-likeness (QED) is 0.723. The fraction of sp³-hybridized carbons (Fsp3) is 0.286. The first-order valence-corrected chi connectivity index (χ1v) is 9.80. The predicted molar refractivity (Wildman–Crippen MR) is 114 cm³/mol. The van der Waals surface area contributed by atoms with Crippen LogP contribution in [-0.2, 0) is 11.3 Å². The van der Waals surface area contributed by atoms with Gasteiger partial charge in [-0.15, -0.1) is 0 Å². The van der Waals surface area contributed by atoms with Crippen LogP contribution >= 0.6 is 23.2 Å². The van der Waals surface area contributed by atoms with Crippen LogP contribution in [-0.4, -0.2) is 54.7 Å². The third-order valence-corrected chi connectivity index (χ3v) is 4.84. The number of nitrogens with one attached hydrogen (secondary N) is 1. The molecule has 29 heavy (non-hydrogen) atoms. The molecular weight excluding hydrogens is 413 g/mol. The monoisotopic (exact) mass is 435 g/mol. The summed E-state index contributed by atoms with van der Waals surface area (Å²) in [5.74, 6) is -0.745. The average molecular weight is 436 g/mol. The lowest BCUT2D eigenvalue weighted by Crippen LogP contribution is -2.39. The van der Waals surface area contributed by atoms with Crippen LogP contribution in [0.25, 0.3) is 0 Å². The first-order valence-electron chi connectivity index (χ1n) is 9.04. The van der Waals surface area contributed by atoms with Gasteiger partial charge < -0.3 is 15.1 Å². The van der Waals surface area contributed by atoms with E-state index in [4.69, 9.17) is 23.2 Å². The van der Waals surface area contributed by atoms with E-state index in [1.54, 1.807) is 37.2 Å². The maximum atomic E-state index is 12.5. The van der Waals surface area contributed by atoms with Crippen molar-refractivity contribution in [2.24, 2.45) is 0 Å². The number of hydrogen-bond donors (Lipinski definition) is 1. The van der Waals surface area contributed by atoms with Crippen molar-refractivity contribution in [3.63, 3.8) is 0 Å². The van der Waals surface area contributed by atoms with Crippen molar-refractivity contribution in [2.45, 2.75) is 13.5 Å². The maximum Gasteiger partial charge on any atom is 0.253 e. The second-order valence-corrected chi connectivity index (χ2v) is 7.45. The van der Waals surface area contributed by atoms with Gasteiger partial charge in [-0.2, -0.15) is 0 Å². The summed E-state index contributed by atoms with van der Waals surface area (Å²) < 4.78 is 0. The van der Waals surface area contributed by atoms with Crippen LogP contribution in [0.5, 0.6) is 0 Å². The van der Waals surface area contributed by atoms with Crippen LogP contribution < -0.4 is 5.32 Å². The Labute approximate surface area is 180 Å². The summed E-state index contributed by atoms with van der Waals surface area (Å²) >= 11 is 11.9. The van der Waals surface area contributed by atoms with Gasteiger partial charge in [-0.25, -0.2) is 0 Å². The zero-order valence-electron chi connectivity index (χ0n) is 16.5. The zero-order valence-corrected chi connectivity index (χ0v) is 18.0. The molecule has 154 valence electrons. The van der Waals surface area contributed by atoms with Gasteiger partial charge >= 0.3 is 0 Å². The fourth-order valence-electron chi connectivity index (χ4n) is 2.64. The second-order valence-electron chi connectivity index (χ2n) is 6.61. The molecule has 0 bridgehead atoms. The van der Waals surface area contributed by atoms with Crippen LogP contribution in [0.15, 0.2) is 42.5 Å². The van der Waals surface area contributed by atoms with Gasteiger partial charge in [-0.1, -0.05) is 35.3 Å². The Morgan fingerprint density at radius 3 is 2.21 bits per heavy atom. The normalized spacial score (nSPS) is 10.4. The van der Waals surface area contributed by atoms with Crippen molar-refractivity contribution in [3.05, 3.63) is 69.2 Å². The van der Waals surface area contributed by atoms with Gasteiger partial charge in [-0.05, 0) is 42.8 Å². The van der Waals surface area contributed by atoms with Crippen LogP contribution in [0.2, 0.25) is 10.0 Å². The molecule has 0 aliphatic carbocycles. The smallest absolute Gasteiger partial charge is 0.253 e. The third-order valence-electron chi connectivity index (χ3n) is 4.29. The van der Waals surface area contributed by atoms with Gasteiger partial charge in [0.2, 0.25) is 5.91 Å². The first kappa shape index (κ1) is 22.7. The standard InChI is InChI=1S/C21H23Cl2N3O3/c1-4-26(13-14-5-7-15(8-6-14)21(29)25(2)3)19(27)12-24-20(28)17-10-9-16(22)11-18(17)23/h5-11H,4,12-13H2,1-3H3,(H,24,28). The van der Waals surface area contributed by atoms with Gasteiger partial charge in [0.1, 0.15) is 0 Å². The Morgan fingerprint density at radius 2 is 1.66 bits per heavy atom. The second kappa shape index (κ2) is 10.3. The largest absolute Gasteiger partial charge is 0.345 e. The lowest BCUT2D eigenvalue weighted by Gasteiger charge is -2.21. The summed E-state index contributed by atoms with van der Waals surface area (Å²) in [6.07, 6.45) is 0. The minimum absolute atomic E-state index is 0.0800. The molecule has 2 aromatic rings. The highest BCUT2D eigenvalue weighted by atomic mass is 35.5. The molecule has 0 atom stereocenters. The summed E-state index contributed by atoms with van der Waals surface area (Å²) in [5, 5.41) is 3.24. The molecule has 0 fully saturated rings. The number of halogens is 2. The van der Waals surface area contributed by atoms with Crippen molar-refractivity contribution in [3.8, 4) is 0 Å². The van der Waals surface area contributed by atoms with Gasteiger partial charge in [0.05, 0.1) is 17.1 Å². The molecule has 0 radical (unpaired) electrons. The molecule has 0 aromatic heterocycles. The molecule has 0 saturated carbocycles. The van der Waals surface area contributed by atoms with E-state index in [1.165, 1.54) is 17.0 Å². The van der Waals surface area contributed by atoms with E-state index in [0.717, 1.165) is 5.56 Å². The summed E-state index contributed by atoms with van der Waals surface area (Å²) in [4.78, 5) is 39.9. The predicted octanol–water partition coefficient (Wildman–Crippen LogP) is 3.47. The Hall–Kier alpha value is -2.57. The maximum absolute atomic E-state index is 12.5. The van der Waals surface area contributed by atoms with E-state index in [-0.39, 0.29) is 28.9 Å². The van der Waals surface area contributed by atoms with Gasteiger partial charge in [0.25, 0.3) is 11.8 Å². The molecule has 8 heteroatoms. The Morgan fingerprint density at radius 1 is 1.00 bits per heavy atom. The minimum atomic E-state index is -0.442. The number of carbonyl (C=O) groups is 3. The van der Waals surface area contributed by atoms with Crippen LogP contribution in [0, 0.1) is 0 Å². The molecule has 0 unspecified atom stereocenters. The zero-order chi connectivity index (χ0) is 21.6. The Balaban J connectivity index is 1.96. The van der Waals surface area contributed by atoms with E-state index >= 15 is 0 Å². The lowest BCUT2D eigenvalue weighted by atomic mass is 10.1. The molecule has 1 N–H and O–H groups in total. The molecule has 6 nitrogen and oxygen atoms in total. The summed E-state index contributed by atoms with van der Waals surface area (Å²) in [6.45, 7) is 2.57. The van der Waals surface area contributed by atoms with Crippen molar-refractivity contribution < 1.29 is 14.4 Å². The van der Waals surface area contributed by atoms with Crippen LogP contribution in [0.4, 0.5) is 0 Å². The lowest BCUT2D eigenvalue weighted by molar-refractivity contribution is -0.130. The highest BCUT2D eigenvalue weighted by Gasteiger charge is 2.16. The van der Waals surface area contributed by atoms with Crippen LogP contribution in [0.3, 0.4) is 0 Å². The Kier molecular flexibility index (Phi) is 8.05. The van der Waals surface area contributed by atoms with Crippen LogP contribution in [0.1, 0.15) is 33.2 Å². The molecular formula is C21H23Cl2N3O3. The molecule has 3 amide bonds. The van der Waals surface area contributed by atoms with E-state index in [0.29, 0.717) is 23.7 Å². The molecule has 0 heterocycles. The molecule has 2 rings (SSSR count). The van der Waals surface area contributed by atoms with E-state index in [1.807, 2.05) is 19.1 Å². The average Bonchev–Trinajstić information content (AvgIpc) is 2.69. The fourth-order valence-corrected chi connectivity index (χ4v) is 3.14. The molecule has 0 aliphatic heterocycles. The third kappa shape index (κ3) is 6.21. The van der Waals surface area contributed by atoms with E-state index in [9.17, 15) is 14.4 Å². The number of amides is 3. The minimum Gasteiger partial charge on any atom is -0.345 e. The highest BCUT2D eigenvalue weighted by Crippen LogP contribution is 2.20. The number of rotatable bonds is 7. The van der Waals surface area contributed by atoms with Crippen molar-refractivity contribution in [1.82, 2.24) is 15.1 Å². The number of hydrogen-bond acceptors (Lipinski definition) is 3. The van der Waals surface area contributed by atoms with Gasteiger partial charge in [0.15, 0.2) is 0 Å².